The average molecular weight is 594 g/mol. The van der Waals surface area contributed by atoms with Crippen molar-refractivity contribution in [2.75, 3.05) is 55.5 Å². The van der Waals surface area contributed by atoms with Crippen molar-refractivity contribution in [2.45, 2.75) is 64.5 Å². The zero-order chi connectivity index (χ0) is 29.7. The van der Waals surface area contributed by atoms with E-state index in [1.54, 1.807) is 11.4 Å². The van der Waals surface area contributed by atoms with Crippen LogP contribution in [0, 0.1) is 5.92 Å². The lowest BCUT2D eigenvalue weighted by atomic mass is 9.73. The molecule has 1 saturated carbocycles. The van der Waals surface area contributed by atoms with Crippen molar-refractivity contribution in [2.24, 2.45) is 11.8 Å². The number of piperazine rings is 1. The van der Waals surface area contributed by atoms with Crippen LogP contribution >= 0.6 is 11.6 Å². The van der Waals surface area contributed by atoms with Crippen molar-refractivity contribution >= 4 is 34.7 Å². The number of rotatable bonds is 5. The molecule has 0 amide bonds. The molecule has 6 rings (SSSR count). The van der Waals surface area contributed by atoms with Gasteiger partial charge in [-0.15, -0.1) is 10.2 Å². The molecule has 3 fully saturated rings. The van der Waals surface area contributed by atoms with Crippen LogP contribution in [0.1, 0.15) is 58.1 Å². The summed E-state index contributed by atoms with van der Waals surface area (Å²) in [7, 11) is 1.70. The molecule has 0 spiro atoms. The Bertz CT molecular complexity index is 1250. The number of hydrogen-bond donors (Lipinski definition) is 2. The van der Waals surface area contributed by atoms with Crippen LogP contribution in [0.2, 0.25) is 5.02 Å². The highest BCUT2D eigenvalue weighted by Crippen LogP contribution is 2.50. The molecule has 13 heteroatoms. The monoisotopic (exact) mass is 593 g/mol. The third-order valence-corrected chi connectivity index (χ3v) is 7.96. The molecule has 2 aromatic heterocycles. The minimum atomic E-state index is -2.58. The molecule has 3 aromatic rings. The molecular formula is C28H42ClF2N9O. The van der Waals surface area contributed by atoms with Crippen LogP contribution in [0.5, 0.6) is 0 Å². The number of hydrogen-bond acceptors (Lipinski definition) is 9. The number of ether oxygens (including phenoxy) is 1. The molecule has 2 saturated heterocycles. The highest BCUT2D eigenvalue weighted by molar-refractivity contribution is 6.30. The van der Waals surface area contributed by atoms with E-state index in [1.807, 2.05) is 38.1 Å². The van der Waals surface area contributed by atoms with Gasteiger partial charge in [0.05, 0.1) is 0 Å². The van der Waals surface area contributed by atoms with Crippen LogP contribution in [0.15, 0.2) is 30.6 Å². The molecule has 0 bridgehead atoms. The third-order valence-electron chi connectivity index (χ3n) is 7.71. The molecule has 4 N–H and O–H groups in total. The first kappa shape index (κ1) is 31.1. The van der Waals surface area contributed by atoms with Gasteiger partial charge in [0.1, 0.15) is 12.0 Å². The number of nitrogens with zero attached hydrogens (tertiary/aromatic N) is 7. The van der Waals surface area contributed by atoms with E-state index < -0.39 is 5.92 Å². The Balaban J connectivity index is 0.000000492. The number of anilines is 3. The number of nitrogen functional groups attached to an aromatic ring is 1. The lowest BCUT2D eigenvalue weighted by Gasteiger charge is -2.49. The summed E-state index contributed by atoms with van der Waals surface area (Å²) >= 11 is 6.09. The van der Waals surface area contributed by atoms with Crippen LogP contribution in [-0.2, 0) is 4.74 Å². The van der Waals surface area contributed by atoms with E-state index in [4.69, 9.17) is 27.9 Å². The van der Waals surface area contributed by atoms with E-state index in [0.29, 0.717) is 47.8 Å². The summed E-state index contributed by atoms with van der Waals surface area (Å²) in [5.41, 5.74) is 7.95. The van der Waals surface area contributed by atoms with Crippen molar-refractivity contribution in [1.29, 1.82) is 0 Å². The van der Waals surface area contributed by atoms with Crippen LogP contribution in [0.3, 0.4) is 0 Å². The summed E-state index contributed by atoms with van der Waals surface area (Å²) in [5, 5.41) is 10.1. The standard InChI is InChI=1S/C22H28ClF2N9.C4H8O.C2H6/c1-13-11-32(18(15-9-22(24,25)10-15)14-3-5-16(23)6-4-14)7-8-33(13)19-17(26)20(31(2)27)34-12-28-30-21(34)29-19;1-2-4-5-3-1;1-2/h3-6,12-13,15,18H,7-11,26-27H2,1-2H3;1-4H2;1-2H3. The summed E-state index contributed by atoms with van der Waals surface area (Å²) in [6.45, 7) is 10.1. The Labute approximate surface area is 245 Å². The minimum absolute atomic E-state index is 0.0280. The smallest absolute Gasteiger partial charge is 0.258 e. The van der Waals surface area contributed by atoms with E-state index in [9.17, 15) is 8.78 Å². The predicted molar refractivity (Wildman–Crippen MR) is 159 cm³/mol. The fraction of sp³-hybridized carbons (Fsp3) is 0.607. The summed E-state index contributed by atoms with van der Waals surface area (Å²) < 4.78 is 34.2. The topological polar surface area (TPSA) is 114 Å². The number of hydrazine groups is 1. The van der Waals surface area contributed by atoms with Gasteiger partial charge in [-0.2, -0.15) is 4.98 Å². The molecule has 41 heavy (non-hydrogen) atoms. The highest BCUT2D eigenvalue weighted by Gasteiger charge is 2.50. The number of alkyl halides is 2. The second-order valence-electron chi connectivity index (χ2n) is 10.7. The normalized spacial score (nSPS) is 21.4. The third kappa shape index (κ3) is 6.99. The van der Waals surface area contributed by atoms with E-state index in [-0.39, 0.29) is 30.8 Å². The van der Waals surface area contributed by atoms with Gasteiger partial charge in [0.15, 0.2) is 11.6 Å². The van der Waals surface area contributed by atoms with E-state index in [1.165, 1.54) is 24.2 Å². The number of aromatic nitrogens is 4. The molecule has 4 heterocycles. The maximum atomic E-state index is 13.8. The Kier molecular flexibility index (Phi) is 10.2. The van der Waals surface area contributed by atoms with E-state index in [0.717, 1.165) is 18.8 Å². The quantitative estimate of drug-likeness (QED) is 0.318. The van der Waals surface area contributed by atoms with Gasteiger partial charge >= 0.3 is 0 Å². The Hall–Kier alpha value is -2.80. The molecule has 0 radical (unpaired) electrons. The van der Waals surface area contributed by atoms with Gasteiger partial charge in [0.25, 0.3) is 5.78 Å². The maximum Gasteiger partial charge on any atom is 0.258 e. The van der Waals surface area contributed by atoms with Gasteiger partial charge < -0.3 is 15.4 Å². The fourth-order valence-corrected chi connectivity index (χ4v) is 5.98. The van der Waals surface area contributed by atoms with Crippen molar-refractivity contribution in [3.05, 3.63) is 41.2 Å². The summed E-state index contributed by atoms with van der Waals surface area (Å²) in [5.74, 6) is 4.90. The van der Waals surface area contributed by atoms with Crippen LogP contribution in [0.25, 0.3) is 5.78 Å². The van der Waals surface area contributed by atoms with Crippen molar-refractivity contribution < 1.29 is 13.5 Å². The lowest BCUT2D eigenvalue weighted by Crippen LogP contribution is -2.56. The van der Waals surface area contributed by atoms with Gasteiger partial charge in [-0.1, -0.05) is 37.6 Å². The highest BCUT2D eigenvalue weighted by atomic mass is 35.5. The van der Waals surface area contributed by atoms with E-state index >= 15 is 0 Å². The minimum Gasteiger partial charge on any atom is -0.393 e. The van der Waals surface area contributed by atoms with E-state index in [2.05, 4.69) is 31.9 Å². The Morgan fingerprint density at radius 3 is 2.32 bits per heavy atom. The molecule has 226 valence electrons. The molecule has 2 atom stereocenters. The first-order valence-corrected chi connectivity index (χ1v) is 14.7. The molecule has 1 aromatic carbocycles. The molecule has 2 unspecified atom stereocenters. The summed E-state index contributed by atoms with van der Waals surface area (Å²) in [6, 6.07) is 7.47. The first-order chi connectivity index (χ1) is 19.6. The molecule has 1 aliphatic carbocycles. The summed E-state index contributed by atoms with van der Waals surface area (Å²) in [4.78, 5) is 9.07. The van der Waals surface area contributed by atoms with Crippen molar-refractivity contribution in [3.63, 3.8) is 0 Å². The average Bonchev–Trinajstić information content (AvgIpc) is 3.65. The van der Waals surface area contributed by atoms with Gasteiger partial charge in [-0.25, -0.2) is 19.0 Å². The number of nitrogens with two attached hydrogens (primary N) is 2. The van der Waals surface area contributed by atoms with Crippen LogP contribution in [0.4, 0.5) is 26.1 Å². The first-order valence-electron chi connectivity index (χ1n) is 14.3. The van der Waals surface area contributed by atoms with Crippen LogP contribution < -0.4 is 21.5 Å². The lowest BCUT2D eigenvalue weighted by molar-refractivity contribution is -0.133. The van der Waals surface area contributed by atoms with Crippen LogP contribution in [-0.4, -0.2) is 76.3 Å². The Morgan fingerprint density at radius 2 is 1.78 bits per heavy atom. The van der Waals surface area contributed by atoms with Crippen molar-refractivity contribution in [3.8, 4) is 0 Å². The Morgan fingerprint density at radius 1 is 1.12 bits per heavy atom. The SMILES string of the molecule is C1CCOC1.CC.CC1CN(C(c2ccc(Cl)cc2)C2CC(F)(F)C2)CCN1c1nc2nncn2c(N(C)N)c1N. The largest absolute Gasteiger partial charge is 0.393 e. The number of benzene rings is 1. The zero-order valence-corrected chi connectivity index (χ0v) is 25.1. The van der Waals surface area contributed by atoms with Gasteiger partial charge in [0, 0.05) is 69.8 Å². The van der Waals surface area contributed by atoms with Crippen molar-refractivity contribution in [1.82, 2.24) is 24.5 Å². The number of halogens is 3. The number of fused-ring (bicyclic) bond motifs is 1. The molecule has 3 aliphatic rings. The summed E-state index contributed by atoms with van der Waals surface area (Å²) in [6.07, 6.45) is 3.88. The fourth-order valence-electron chi connectivity index (χ4n) is 5.85. The predicted octanol–water partition coefficient (Wildman–Crippen LogP) is 4.79. The molecular weight excluding hydrogens is 552 g/mol. The zero-order valence-electron chi connectivity index (χ0n) is 24.3. The molecule has 2 aliphatic heterocycles. The van der Waals surface area contributed by atoms with Gasteiger partial charge in [0.2, 0.25) is 5.92 Å². The van der Waals surface area contributed by atoms with Gasteiger partial charge in [-0.3, -0.25) is 9.91 Å². The van der Waals surface area contributed by atoms with Gasteiger partial charge in [-0.05, 0) is 43.4 Å². The molecule has 10 nitrogen and oxygen atoms in total. The maximum absolute atomic E-state index is 13.8. The second kappa shape index (κ2) is 13.5. The second-order valence-corrected chi connectivity index (χ2v) is 11.1.